The summed E-state index contributed by atoms with van der Waals surface area (Å²) in [4.78, 5) is 10.7. The summed E-state index contributed by atoms with van der Waals surface area (Å²) in [6.07, 6.45) is 1.69. The highest BCUT2D eigenvalue weighted by atomic mass is 32.2. The summed E-state index contributed by atoms with van der Waals surface area (Å²) < 4.78 is 0. The van der Waals surface area contributed by atoms with E-state index in [-0.39, 0.29) is 5.12 Å². The van der Waals surface area contributed by atoms with E-state index >= 15 is 0 Å². The molecule has 2 nitrogen and oxygen atoms in total. The molecule has 17 heavy (non-hydrogen) atoms. The van der Waals surface area contributed by atoms with Crippen LogP contribution in [0.3, 0.4) is 0 Å². The van der Waals surface area contributed by atoms with Crippen molar-refractivity contribution in [3.8, 4) is 11.8 Å². The number of hydrogen-bond acceptors (Lipinski definition) is 3. The minimum atomic E-state index is 0.138. The van der Waals surface area contributed by atoms with Gasteiger partial charge in [0, 0.05) is 30.3 Å². The third kappa shape index (κ3) is 4.97. The van der Waals surface area contributed by atoms with Crippen LogP contribution in [0.25, 0.3) is 0 Å². The fourth-order valence-electron chi connectivity index (χ4n) is 1.34. The van der Waals surface area contributed by atoms with Crippen LogP contribution in [0.4, 0.5) is 5.69 Å². The Kier molecular flexibility index (Phi) is 5.65. The monoisotopic (exact) mass is 247 g/mol. The Balaban J connectivity index is 2.61. The molecule has 0 radical (unpaired) electrons. The molecule has 0 aliphatic carbocycles. The van der Waals surface area contributed by atoms with Crippen LogP contribution in [0.15, 0.2) is 18.2 Å². The van der Waals surface area contributed by atoms with Gasteiger partial charge in [-0.05, 0) is 24.1 Å². The first kappa shape index (κ1) is 13.7. The van der Waals surface area contributed by atoms with E-state index in [1.807, 2.05) is 18.2 Å². The average molecular weight is 247 g/mol. The van der Waals surface area contributed by atoms with Crippen molar-refractivity contribution < 1.29 is 4.79 Å². The third-order valence-electron chi connectivity index (χ3n) is 2.28. The molecule has 0 heterocycles. The van der Waals surface area contributed by atoms with E-state index in [1.165, 1.54) is 17.3 Å². The van der Waals surface area contributed by atoms with E-state index in [4.69, 9.17) is 5.73 Å². The Morgan fingerprint density at radius 2 is 2.24 bits per heavy atom. The number of carbonyl (C=O) groups excluding carboxylic acids is 1. The quantitative estimate of drug-likeness (QED) is 0.507. The first-order valence-electron chi connectivity index (χ1n) is 5.64. The van der Waals surface area contributed by atoms with Crippen LogP contribution in [-0.2, 0) is 11.2 Å². The van der Waals surface area contributed by atoms with Crippen molar-refractivity contribution in [1.82, 2.24) is 0 Å². The number of anilines is 1. The first-order valence-corrected chi connectivity index (χ1v) is 6.62. The van der Waals surface area contributed by atoms with Crippen molar-refractivity contribution in [3.63, 3.8) is 0 Å². The van der Waals surface area contributed by atoms with Gasteiger partial charge >= 0.3 is 0 Å². The molecule has 0 aliphatic heterocycles. The standard InChI is InChI=1S/C14H17NOS/c1-3-12-7-8-14(15)13(10-12)6-4-5-9-17-11(2)16/h7-8,10H,3,5,9,15H2,1-2H3. The lowest BCUT2D eigenvalue weighted by Crippen LogP contribution is -1.92. The van der Waals surface area contributed by atoms with Gasteiger partial charge in [0.15, 0.2) is 5.12 Å². The SMILES string of the molecule is CCc1ccc(N)c(C#CCCSC(C)=O)c1. The van der Waals surface area contributed by atoms with Gasteiger partial charge in [-0.3, -0.25) is 4.79 Å². The van der Waals surface area contributed by atoms with E-state index in [9.17, 15) is 4.79 Å². The molecule has 1 aromatic carbocycles. The minimum Gasteiger partial charge on any atom is -0.398 e. The second-order valence-electron chi connectivity index (χ2n) is 3.67. The number of hydrogen-bond donors (Lipinski definition) is 1. The van der Waals surface area contributed by atoms with Crippen molar-refractivity contribution in [3.05, 3.63) is 29.3 Å². The molecule has 0 spiro atoms. The maximum Gasteiger partial charge on any atom is 0.185 e. The molecule has 0 aliphatic rings. The van der Waals surface area contributed by atoms with E-state index in [2.05, 4.69) is 18.8 Å². The molecule has 0 aromatic heterocycles. The summed E-state index contributed by atoms with van der Waals surface area (Å²) in [5.74, 6) is 6.85. The van der Waals surface area contributed by atoms with Gasteiger partial charge in [0.05, 0.1) is 0 Å². The van der Waals surface area contributed by atoms with Gasteiger partial charge < -0.3 is 5.73 Å². The minimum absolute atomic E-state index is 0.138. The highest BCUT2D eigenvalue weighted by Gasteiger charge is 1.97. The molecule has 0 amide bonds. The highest BCUT2D eigenvalue weighted by Crippen LogP contribution is 2.13. The number of thioether (sulfide) groups is 1. The zero-order valence-corrected chi connectivity index (χ0v) is 11.1. The highest BCUT2D eigenvalue weighted by molar-refractivity contribution is 8.13. The van der Waals surface area contributed by atoms with Crippen molar-refractivity contribution in [2.75, 3.05) is 11.5 Å². The van der Waals surface area contributed by atoms with Crippen LogP contribution < -0.4 is 5.73 Å². The molecule has 1 rings (SSSR count). The lowest BCUT2D eigenvalue weighted by Gasteiger charge is -2.01. The zero-order valence-electron chi connectivity index (χ0n) is 10.2. The molecule has 0 unspecified atom stereocenters. The van der Waals surface area contributed by atoms with Gasteiger partial charge in [-0.1, -0.05) is 36.6 Å². The molecular weight excluding hydrogens is 230 g/mol. The first-order chi connectivity index (χ1) is 8.13. The molecule has 3 heteroatoms. The summed E-state index contributed by atoms with van der Waals surface area (Å²) >= 11 is 1.31. The number of nitrogen functional groups attached to an aromatic ring is 1. The fraction of sp³-hybridized carbons (Fsp3) is 0.357. The van der Waals surface area contributed by atoms with Crippen molar-refractivity contribution >= 4 is 22.6 Å². The largest absolute Gasteiger partial charge is 0.398 e. The van der Waals surface area contributed by atoms with Gasteiger partial charge in [-0.15, -0.1) is 0 Å². The predicted octanol–water partition coefficient (Wildman–Crippen LogP) is 2.85. The smallest absolute Gasteiger partial charge is 0.185 e. The van der Waals surface area contributed by atoms with Crippen LogP contribution in [-0.4, -0.2) is 10.9 Å². The second kappa shape index (κ2) is 7.03. The fourth-order valence-corrected chi connectivity index (χ4v) is 1.83. The van der Waals surface area contributed by atoms with Crippen LogP contribution in [0.2, 0.25) is 0 Å². The molecule has 2 N–H and O–H groups in total. The van der Waals surface area contributed by atoms with Crippen molar-refractivity contribution in [2.45, 2.75) is 26.7 Å². The molecule has 0 saturated heterocycles. The van der Waals surface area contributed by atoms with E-state index < -0.39 is 0 Å². The number of rotatable bonds is 3. The van der Waals surface area contributed by atoms with Crippen LogP contribution in [0.5, 0.6) is 0 Å². The van der Waals surface area contributed by atoms with Gasteiger partial charge in [-0.25, -0.2) is 0 Å². The van der Waals surface area contributed by atoms with E-state index in [0.29, 0.717) is 12.1 Å². The van der Waals surface area contributed by atoms with Crippen LogP contribution in [0, 0.1) is 11.8 Å². The molecule has 0 fully saturated rings. The third-order valence-corrected chi connectivity index (χ3v) is 3.10. The molecule has 0 saturated carbocycles. The van der Waals surface area contributed by atoms with Crippen LogP contribution in [0.1, 0.15) is 31.4 Å². The Hall–Kier alpha value is -1.40. The predicted molar refractivity (Wildman–Crippen MR) is 74.9 cm³/mol. The summed E-state index contributed by atoms with van der Waals surface area (Å²) in [5, 5.41) is 0.138. The number of aryl methyl sites for hydroxylation is 1. The summed E-state index contributed by atoms with van der Waals surface area (Å²) in [6, 6.07) is 5.94. The lowest BCUT2D eigenvalue weighted by molar-refractivity contribution is -0.109. The van der Waals surface area contributed by atoms with Gasteiger partial charge in [-0.2, -0.15) is 0 Å². The maximum atomic E-state index is 10.7. The maximum absolute atomic E-state index is 10.7. The topological polar surface area (TPSA) is 43.1 Å². The van der Waals surface area contributed by atoms with E-state index in [0.717, 1.165) is 17.7 Å². The van der Waals surface area contributed by atoms with Crippen molar-refractivity contribution in [1.29, 1.82) is 0 Å². The molecule has 0 bridgehead atoms. The zero-order chi connectivity index (χ0) is 12.7. The molecule has 90 valence electrons. The normalized spacial score (nSPS) is 9.53. The lowest BCUT2D eigenvalue weighted by atomic mass is 10.1. The Morgan fingerprint density at radius 3 is 2.88 bits per heavy atom. The number of carbonyl (C=O) groups is 1. The van der Waals surface area contributed by atoms with Crippen LogP contribution >= 0.6 is 11.8 Å². The summed E-state index contributed by atoms with van der Waals surface area (Å²) in [7, 11) is 0. The Bertz CT molecular complexity index is 457. The van der Waals surface area contributed by atoms with Gasteiger partial charge in [0.25, 0.3) is 0 Å². The number of benzene rings is 1. The Morgan fingerprint density at radius 1 is 1.47 bits per heavy atom. The summed E-state index contributed by atoms with van der Waals surface area (Å²) in [6.45, 7) is 3.67. The number of nitrogens with two attached hydrogens (primary N) is 1. The van der Waals surface area contributed by atoms with Gasteiger partial charge in [0.2, 0.25) is 0 Å². The Labute approximate surface area is 107 Å². The average Bonchev–Trinajstić information content (AvgIpc) is 2.30. The molecular formula is C14H17NOS. The summed E-state index contributed by atoms with van der Waals surface area (Å²) in [5.41, 5.74) is 8.69. The van der Waals surface area contributed by atoms with E-state index in [1.54, 1.807) is 6.92 Å². The van der Waals surface area contributed by atoms with Gasteiger partial charge in [0.1, 0.15) is 0 Å². The molecule has 1 aromatic rings. The second-order valence-corrected chi connectivity index (χ2v) is 4.94. The van der Waals surface area contributed by atoms with Crippen molar-refractivity contribution in [2.24, 2.45) is 0 Å². The molecule has 0 atom stereocenters.